The summed E-state index contributed by atoms with van der Waals surface area (Å²) in [5.41, 5.74) is 0. The Morgan fingerprint density at radius 2 is 1.92 bits per heavy atom. The highest BCUT2D eigenvalue weighted by molar-refractivity contribution is 5.82. The Labute approximate surface area is 72.0 Å². The van der Waals surface area contributed by atoms with Crippen molar-refractivity contribution in [2.45, 2.75) is 32.0 Å². The van der Waals surface area contributed by atoms with Crippen LogP contribution in [0, 0.1) is 5.92 Å². The van der Waals surface area contributed by atoms with Crippen LogP contribution in [0.2, 0.25) is 0 Å². The van der Waals surface area contributed by atoms with Crippen molar-refractivity contribution in [2.75, 3.05) is 13.2 Å². The molecule has 0 N–H and O–H groups in total. The minimum atomic E-state index is -0.238. The van der Waals surface area contributed by atoms with E-state index < -0.39 is 0 Å². The zero-order chi connectivity index (χ0) is 8.39. The van der Waals surface area contributed by atoms with Gasteiger partial charge in [-0.15, -0.1) is 0 Å². The van der Waals surface area contributed by atoms with Crippen molar-refractivity contribution in [1.29, 1.82) is 0 Å². The van der Waals surface area contributed by atoms with Crippen molar-refractivity contribution in [1.82, 2.24) is 0 Å². The van der Waals surface area contributed by atoms with Crippen LogP contribution in [-0.2, 0) is 14.3 Å². The number of rotatable bonds is 3. The molecule has 1 heterocycles. The molecule has 0 aromatic heterocycles. The standard InChI is InChI=1S/C9H14O3/c10-8(7-2-1-3-7)6-9-11-4-5-12-9/h7,9H,1-6H2. The number of hydrogen-bond acceptors (Lipinski definition) is 3. The van der Waals surface area contributed by atoms with Gasteiger partial charge in [0, 0.05) is 5.92 Å². The van der Waals surface area contributed by atoms with Gasteiger partial charge in [-0.1, -0.05) is 6.42 Å². The van der Waals surface area contributed by atoms with Gasteiger partial charge in [0.2, 0.25) is 0 Å². The maximum atomic E-state index is 11.4. The second-order valence-corrected chi connectivity index (χ2v) is 3.47. The number of Topliss-reactive ketones (excluding diaryl/α,β-unsaturated/α-hetero) is 1. The lowest BCUT2D eigenvalue weighted by Crippen LogP contribution is -2.26. The Hall–Kier alpha value is -0.410. The lowest BCUT2D eigenvalue weighted by Gasteiger charge is -2.24. The molecule has 2 fully saturated rings. The van der Waals surface area contributed by atoms with E-state index in [0.717, 1.165) is 12.8 Å². The van der Waals surface area contributed by atoms with Crippen LogP contribution in [0.4, 0.5) is 0 Å². The lowest BCUT2D eigenvalue weighted by molar-refractivity contribution is -0.133. The minimum Gasteiger partial charge on any atom is -0.350 e. The summed E-state index contributed by atoms with van der Waals surface area (Å²) in [5, 5.41) is 0. The van der Waals surface area contributed by atoms with E-state index in [0.29, 0.717) is 31.3 Å². The van der Waals surface area contributed by atoms with Crippen molar-refractivity contribution in [3.8, 4) is 0 Å². The van der Waals surface area contributed by atoms with Gasteiger partial charge in [0.15, 0.2) is 6.29 Å². The van der Waals surface area contributed by atoms with Gasteiger partial charge in [-0.2, -0.15) is 0 Å². The third kappa shape index (κ3) is 1.67. The summed E-state index contributed by atoms with van der Waals surface area (Å²) >= 11 is 0. The van der Waals surface area contributed by atoms with Crippen molar-refractivity contribution < 1.29 is 14.3 Å². The van der Waals surface area contributed by atoms with Gasteiger partial charge < -0.3 is 9.47 Å². The summed E-state index contributed by atoms with van der Waals surface area (Å²) in [4.78, 5) is 11.4. The summed E-state index contributed by atoms with van der Waals surface area (Å²) in [6, 6.07) is 0. The topological polar surface area (TPSA) is 35.5 Å². The van der Waals surface area contributed by atoms with E-state index in [1.54, 1.807) is 0 Å². The van der Waals surface area contributed by atoms with Gasteiger partial charge in [0.25, 0.3) is 0 Å². The van der Waals surface area contributed by atoms with Gasteiger partial charge in [-0.05, 0) is 12.8 Å². The van der Waals surface area contributed by atoms with Crippen LogP contribution in [0.25, 0.3) is 0 Å². The van der Waals surface area contributed by atoms with E-state index in [1.165, 1.54) is 6.42 Å². The van der Waals surface area contributed by atoms with Crippen molar-refractivity contribution in [2.24, 2.45) is 5.92 Å². The van der Waals surface area contributed by atoms with Gasteiger partial charge in [0.1, 0.15) is 5.78 Å². The Balaban J connectivity index is 1.73. The second-order valence-electron chi connectivity index (χ2n) is 3.47. The first kappa shape index (κ1) is 8.20. The van der Waals surface area contributed by atoms with Crippen molar-refractivity contribution in [3.05, 3.63) is 0 Å². The monoisotopic (exact) mass is 170 g/mol. The fourth-order valence-corrected chi connectivity index (χ4v) is 1.59. The molecule has 1 aliphatic carbocycles. The molecular weight excluding hydrogens is 156 g/mol. The van der Waals surface area contributed by atoms with Crippen LogP contribution in [-0.4, -0.2) is 25.3 Å². The van der Waals surface area contributed by atoms with Crippen LogP contribution in [0.15, 0.2) is 0 Å². The van der Waals surface area contributed by atoms with Gasteiger partial charge in [0.05, 0.1) is 19.6 Å². The fourth-order valence-electron chi connectivity index (χ4n) is 1.59. The van der Waals surface area contributed by atoms with Crippen LogP contribution in [0.1, 0.15) is 25.7 Å². The SMILES string of the molecule is O=C(CC1OCCO1)C1CCC1. The molecule has 0 atom stereocenters. The molecule has 2 aliphatic rings. The molecule has 0 aromatic rings. The molecule has 1 saturated heterocycles. The van der Waals surface area contributed by atoms with Crippen LogP contribution < -0.4 is 0 Å². The molecule has 0 bridgehead atoms. The Bertz CT molecular complexity index is 169. The quantitative estimate of drug-likeness (QED) is 0.636. The summed E-state index contributed by atoms with van der Waals surface area (Å²) in [6.45, 7) is 1.28. The second kappa shape index (κ2) is 3.54. The third-order valence-electron chi connectivity index (χ3n) is 2.62. The van der Waals surface area contributed by atoms with E-state index in [2.05, 4.69) is 0 Å². The van der Waals surface area contributed by atoms with Gasteiger partial charge in [-0.25, -0.2) is 0 Å². The smallest absolute Gasteiger partial charge is 0.164 e. The van der Waals surface area contributed by atoms with Gasteiger partial charge >= 0.3 is 0 Å². The van der Waals surface area contributed by atoms with E-state index in [1.807, 2.05) is 0 Å². The molecule has 3 heteroatoms. The molecule has 2 rings (SSSR count). The molecule has 12 heavy (non-hydrogen) atoms. The molecule has 0 spiro atoms. The number of ketones is 1. The Kier molecular flexibility index (Phi) is 2.42. The lowest BCUT2D eigenvalue weighted by atomic mass is 9.81. The van der Waals surface area contributed by atoms with Crippen LogP contribution >= 0.6 is 0 Å². The highest BCUT2D eigenvalue weighted by Gasteiger charge is 2.28. The predicted octanol–water partition coefficient (Wildman–Crippen LogP) is 1.12. The normalized spacial score (nSPS) is 25.7. The number of hydrogen-bond donors (Lipinski definition) is 0. The van der Waals surface area contributed by atoms with E-state index >= 15 is 0 Å². The average Bonchev–Trinajstić information content (AvgIpc) is 2.34. The van der Waals surface area contributed by atoms with Crippen molar-refractivity contribution >= 4 is 5.78 Å². The molecule has 1 aliphatic heterocycles. The number of carbonyl (C=O) groups is 1. The molecular formula is C9H14O3. The van der Waals surface area contributed by atoms with E-state index in [4.69, 9.17) is 9.47 Å². The number of carbonyl (C=O) groups excluding carboxylic acids is 1. The predicted molar refractivity (Wildman–Crippen MR) is 42.7 cm³/mol. The molecule has 0 amide bonds. The van der Waals surface area contributed by atoms with E-state index in [9.17, 15) is 4.79 Å². The molecule has 3 nitrogen and oxygen atoms in total. The summed E-state index contributed by atoms with van der Waals surface area (Å²) in [6.07, 6.45) is 3.59. The summed E-state index contributed by atoms with van der Waals surface area (Å²) in [5.74, 6) is 0.644. The molecule has 68 valence electrons. The fraction of sp³-hybridized carbons (Fsp3) is 0.889. The highest BCUT2D eigenvalue weighted by Crippen LogP contribution is 2.29. The summed E-state index contributed by atoms with van der Waals surface area (Å²) < 4.78 is 10.4. The zero-order valence-corrected chi connectivity index (χ0v) is 7.12. The average molecular weight is 170 g/mol. The van der Waals surface area contributed by atoms with Crippen LogP contribution in [0.5, 0.6) is 0 Å². The first-order valence-electron chi connectivity index (χ1n) is 4.62. The third-order valence-corrected chi connectivity index (χ3v) is 2.62. The maximum Gasteiger partial charge on any atom is 0.164 e. The Morgan fingerprint density at radius 3 is 2.42 bits per heavy atom. The minimum absolute atomic E-state index is 0.238. The largest absolute Gasteiger partial charge is 0.350 e. The first-order chi connectivity index (χ1) is 5.86. The zero-order valence-electron chi connectivity index (χ0n) is 7.12. The Morgan fingerprint density at radius 1 is 1.25 bits per heavy atom. The first-order valence-corrected chi connectivity index (χ1v) is 4.62. The maximum absolute atomic E-state index is 11.4. The van der Waals surface area contributed by atoms with E-state index in [-0.39, 0.29) is 6.29 Å². The highest BCUT2D eigenvalue weighted by atomic mass is 16.7. The van der Waals surface area contributed by atoms with Crippen molar-refractivity contribution in [3.63, 3.8) is 0 Å². The molecule has 0 aromatic carbocycles. The number of ether oxygens (including phenoxy) is 2. The van der Waals surface area contributed by atoms with Crippen LogP contribution in [0.3, 0.4) is 0 Å². The summed E-state index contributed by atoms with van der Waals surface area (Å²) in [7, 11) is 0. The molecule has 0 radical (unpaired) electrons. The van der Waals surface area contributed by atoms with Gasteiger partial charge in [-0.3, -0.25) is 4.79 Å². The molecule has 0 unspecified atom stereocenters. The molecule has 1 saturated carbocycles.